The molecule has 0 aliphatic heterocycles. The Balaban J connectivity index is 1.94. The lowest BCUT2D eigenvalue weighted by molar-refractivity contribution is 1.44. The van der Waals surface area contributed by atoms with Crippen molar-refractivity contribution >= 4 is 71.5 Å². The van der Waals surface area contributed by atoms with Crippen LogP contribution < -0.4 is 5.32 Å². The van der Waals surface area contributed by atoms with Gasteiger partial charge in [0, 0.05) is 15.2 Å². The Morgan fingerprint density at radius 1 is 1.11 bits per heavy atom. The number of anilines is 2. The minimum atomic E-state index is 0.661. The summed E-state index contributed by atoms with van der Waals surface area (Å²) in [6, 6.07) is 11.3. The zero-order valence-electron chi connectivity index (χ0n) is 9.45. The van der Waals surface area contributed by atoms with Crippen LogP contribution in [-0.4, -0.2) is 4.98 Å². The van der Waals surface area contributed by atoms with E-state index in [4.69, 9.17) is 23.2 Å². The molecule has 0 bridgehead atoms. The summed E-state index contributed by atoms with van der Waals surface area (Å²) >= 11 is 16.9. The number of rotatable bonds is 2. The first-order valence-corrected chi connectivity index (χ1v) is 7.76. The molecule has 0 radical (unpaired) electrons. The molecule has 0 amide bonds. The summed E-state index contributed by atoms with van der Waals surface area (Å²) in [6.45, 7) is 0. The number of benzene rings is 2. The predicted octanol–water partition coefficient (Wildman–Crippen LogP) is 6.11. The molecule has 0 spiro atoms. The Morgan fingerprint density at radius 3 is 2.74 bits per heavy atom. The molecule has 3 rings (SSSR count). The lowest BCUT2D eigenvalue weighted by Gasteiger charge is -2.03. The molecule has 0 saturated heterocycles. The van der Waals surface area contributed by atoms with Crippen molar-refractivity contribution in [2.75, 3.05) is 5.32 Å². The summed E-state index contributed by atoms with van der Waals surface area (Å²) in [4.78, 5) is 4.50. The van der Waals surface area contributed by atoms with Crippen LogP contribution in [0.1, 0.15) is 0 Å². The minimum Gasteiger partial charge on any atom is -0.331 e. The molecule has 1 aromatic heterocycles. The zero-order valence-corrected chi connectivity index (χ0v) is 13.4. The van der Waals surface area contributed by atoms with Gasteiger partial charge in [0.1, 0.15) is 0 Å². The number of nitrogens with zero attached hydrogens (tertiary/aromatic N) is 1. The molecule has 3 aromatic rings. The summed E-state index contributed by atoms with van der Waals surface area (Å²) in [6.07, 6.45) is 0. The third-order valence-electron chi connectivity index (χ3n) is 2.52. The summed E-state index contributed by atoms with van der Waals surface area (Å²) in [7, 11) is 0. The van der Waals surface area contributed by atoms with Gasteiger partial charge in [-0.1, -0.05) is 34.5 Å². The van der Waals surface area contributed by atoms with Gasteiger partial charge in [0.15, 0.2) is 5.13 Å². The largest absolute Gasteiger partial charge is 0.331 e. The Kier molecular flexibility index (Phi) is 3.67. The van der Waals surface area contributed by atoms with Gasteiger partial charge in [-0.15, -0.1) is 0 Å². The highest BCUT2D eigenvalue weighted by Crippen LogP contribution is 2.32. The van der Waals surface area contributed by atoms with Gasteiger partial charge in [-0.2, -0.15) is 0 Å². The highest BCUT2D eigenvalue weighted by Gasteiger charge is 2.05. The molecule has 0 saturated carbocycles. The summed E-state index contributed by atoms with van der Waals surface area (Å²) in [5.74, 6) is 0. The van der Waals surface area contributed by atoms with E-state index in [1.165, 1.54) is 0 Å². The van der Waals surface area contributed by atoms with E-state index in [0.717, 1.165) is 30.5 Å². The number of hydrogen-bond donors (Lipinski definition) is 1. The summed E-state index contributed by atoms with van der Waals surface area (Å²) in [5, 5.41) is 5.43. The molecule has 1 heterocycles. The van der Waals surface area contributed by atoms with Crippen molar-refractivity contribution in [2.24, 2.45) is 0 Å². The first kappa shape index (κ1) is 13.2. The maximum atomic E-state index is 6.06. The van der Waals surface area contributed by atoms with Crippen LogP contribution in [0.3, 0.4) is 0 Å². The third kappa shape index (κ3) is 2.87. The van der Waals surface area contributed by atoms with Crippen molar-refractivity contribution < 1.29 is 0 Å². The lowest BCUT2D eigenvalue weighted by Crippen LogP contribution is -1.88. The maximum Gasteiger partial charge on any atom is 0.188 e. The number of nitrogens with one attached hydrogen (secondary N) is 1. The van der Waals surface area contributed by atoms with Crippen molar-refractivity contribution in [3.8, 4) is 0 Å². The van der Waals surface area contributed by atoms with E-state index < -0.39 is 0 Å². The Morgan fingerprint density at radius 2 is 1.95 bits per heavy atom. The molecule has 0 aliphatic rings. The molecule has 0 atom stereocenters. The van der Waals surface area contributed by atoms with Gasteiger partial charge < -0.3 is 5.32 Å². The molecule has 0 fully saturated rings. The van der Waals surface area contributed by atoms with Gasteiger partial charge in [0.05, 0.1) is 15.2 Å². The fraction of sp³-hybridized carbons (Fsp3) is 0. The van der Waals surface area contributed by atoms with Crippen molar-refractivity contribution in [1.82, 2.24) is 4.98 Å². The van der Waals surface area contributed by atoms with Crippen LogP contribution in [0, 0.1) is 0 Å². The lowest BCUT2D eigenvalue weighted by atomic mass is 10.3. The van der Waals surface area contributed by atoms with E-state index in [1.807, 2.05) is 36.4 Å². The van der Waals surface area contributed by atoms with Crippen molar-refractivity contribution in [3.05, 3.63) is 50.9 Å². The number of aromatic nitrogens is 1. The highest BCUT2D eigenvalue weighted by molar-refractivity contribution is 9.10. The van der Waals surface area contributed by atoms with Crippen LogP contribution in [-0.2, 0) is 0 Å². The molecule has 0 unspecified atom stereocenters. The molecule has 96 valence electrons. The fourth-order valence-corrected chi connectivity index (χ4v) is 3.24. The van der Waals surface area contributed by atoms with E-state index in [0.29, 0.717) is 5.02 Å². The SMILES string of the molecule is Clc1ccc2nc(Nc3ccc(Br)c(Cl)c3)sc2c1. The van der Waals surface area contributed by atoms with Gasteiger partial charge in [0.2, 0.25) is 0 Å². The van der Waals surface area contributed by atoms with E-state index in [1.54, 1.807) is 11.3 Å². The first-order chi connectivity index (χ1) is 9.11. The van der Waals surface area contributed by atoms with Gasteiger partial charge >= 0.3 is 0 Å². The van der Waals surface area contributed by atoms with Crippen LogP contribution in [0.25, 0.3) is 10.2 Å². The Bertz CT molecular complexity index is 757. The predicted molar refractivity (Wildman–Crippen MR) is 87.1 cm³/mol. The van der Waals surface area contributed by atoms with Gasteiger partial charge in [-0.25, -0.2) is 4.98 Å². The van der Waals surface area contributed by atoms with Crippen LogP contribution in [0.4, 0.5) is 10.8 Å². The second kappa shape index (κ2) is 5.29. The highest BCUT2D eigenvalue weighted by atomic mass is 79.9. The number of hydrogen-bond acceptors (Lipinski definition) is 3. The molecule has 1 N–H and O–H groups in total. The standard InChI is InChI=1S/C13H7BrCl2N2S/c14-9-3-2-8(6-10(9)16)17-13-18-11-4-1-7(15)5-12(11)19-13/h1-6H,(H,17,18). The second-order valence-electron chi connectivity index (χ2n) is 3.88. The maximum absolute atomic E-state index is 6.06. The fourth-order valence-electron chi connectivity index (χ4n) is 1.65. The van der Waals surface area contributed by atoms with Gasteiger partial charge in [-0.3, -0.25) is 0 Å². The van der Waals surface area contributed by atoms with Crippen LogP contribution >= 0.6 is 50.5 Å². The van der Waals surface area contributed by atoms with E-state index in [9.17, 15) is 0 Å². The quantitative estimate of drug-likeness (QED) is 0.586. The number of halogens is 3. The number of fused-ring (bicyclic) bond motifs is 1. The first-order valence-electron chi connectivity index (χ1n) is 5.40. The molecule has 6 heteroatoms. The molecule has 2 aromatic carbocycles. The Hall–Kier alpha value is -0.810. The molecule has 19 heavy (non-hydrogen) atoms. The molecular formula is C13H7BrCl2N2S. The average molecular weight is 374 g/mol. The van der Waals surface area contributed by atoms with E-state index in [2.05, 4.69) is 26.2 Å². The third-order valence-corrected chi connectivity index (χ3v) is 4.92. The summed E-state index contributed by atoms with van der Waals surface area (Å²) in [5.41, 5.74) is 1.83. The van der Waals surface area contributed by atoms with Crippen molar-refractivity contribution in [3.63, 3.8) is 0 Å². The van der Waals surface area contributed by atoms with E-state index >= 15 is 0 Å². The molecular weight excluding hydrogens is 367 g/mol. The van der Waals surface area contributed by atoms with Crippen LogP contribution in [0.5, 0.6) is 0 Å². The topological polar surface area (TPSA) is 24.9 Å². The summed E-state index contributed by atoms with van der Waals surface area (Å²) < 4.78 is 1.93. The van der Waals surface area contributed by atoms with Gasteiger partial charge in [0.25, 0.3) is 0 Å². The van der Waals surface area contributed by atoms with E-state index in [-0.39, 0.29) is 0 Å². The normalized spacial score (nSPS) is 10.9. The van der Waals surface area contributed by atoms with Crippen LogP contribution in [0.2, 0.25) is 10.0 Å². The Labute approximate surface area is 132 Å². The second-order valence-corrected chi connectivity index (χ2v) is 6.61. The zero-order chi connectivity index (χ0) is 13.4. The smallest absolute Gasteiger partial charge is 0.188 e. The van der Waals surface area contributed by atoms with Crippen molar-refractivity contribution in [1.29, 1.82) is 0 Å². The average Bonchev–Trinajstić information content (AvgIpc) is 2.75. The minimum absolute atomic E-state index is 0.661. The molecule has 0 aliphatic carbocycles. The van der Waals surface area contributed by atoms with Gasteiger partial charge in [-0.05, 0) is 52.3 Å². The molecule has 2 nitrogen and oxygen atoms in total. The van der Waals surface area contributed by atoms with Crippen LogP contribution in [0.15, 0.2) is 40.9 Å². The monoisotopic (exact) mass is 372 g/mol. The number of thiazole rings is 1. The van der Waals surface area contributed by atoms with Crippen molar-refractivity contribution in [2.45, 2.75) is 0 Å².